The van der Waals surface area contributed by atoms with Crippen molar-refractivity contribution in [2.45, 2.75) is 6.54 Å². The Kier molecular flexibility index (Phi) is 3.14. The van der Waals surface area contributed by atoms with Crippen LogP contribution < -0.4 is 10.3 Å². The molecule has 1 aromatic carbocycles. The number of nitrogens with zero attached hydrogens (tertiary/aromatic N) is 1. The highest BCUT2D eigenvalue weighted by Crippen LogP contribution is 2.14. The molecule has 0 aliphatic heterocycles. The van der Waals surface area contributed by atoms with E-state index in [1.165, 1.54) is 6.07 Å². The van der Waals surface area contributed by atoms with Crippen LogP contribution >= 0.6 is 0 Å². The molecule has 2 rings (SSSR count). The fourth-order valence-corrected chi connectivity index (χ4v) is 1.53. The molecule has 0 unspecified atom stereocenters. The largest absolute Gasteiger partial charge is 0.502 e. The summed E-state index contributed by atoms with van der Waals surface area (Å²) in [6.45, 7) is 0.472. The predicted octanol–water partition coefficient (Wildman–Crippen LogP) is 1.98. The summed E-state index contributed by atoms with van der Waals surface area (Å²) in [7, 11) is 1.90. The van der Waals surface area contributed by atoms with Gasteiger partial charge in [0.1, 0.15) is 12.0 Å². The molecule has 0 aliphatic rings. The Labute approximate surface area is 98.7 Å². The van der Waals surface area contributed by atoms with E-state index in [0.29, 0.717) is 12.3 Å². The zero-order valence-electron chi connectivity index (χ0n) is 9.46. The van der Waals surface area contributed by atoms with Gasteiger partial charge in [-0.1, -0.05) is 18.2 Å². The standard InChI is InChI=1S/C13H13NO3/c1-14(10-5-3-2-4-6-10)8-11-7-12(15)13(16)9-17-11/h2-7,9,16H,8H2,1H3. The fraction of sp³-hybridized carbons (Fsp3) is 0.154. The number of para-hydroxylation sites is 1. The lowest BCUT2D eigenvalue weighted by Crippen LogP contribution is -2.17. The monoisotopic (exact) mass is 231 g/mol. The lowest BCUT2D eigenvalue weighted by Gasteiger charge is -2.18. The molecule has 0 fully saturated rings. The molecular weight excluding hydrogens is 218 g/mol. The minimum atomic E-state index is -0.423. The van der Waals surface area contributed by atoms with E-state index in [4.69, 9.17) is 9.52 Å². The van der Waals surface area contributed by atoms with Gasteiger partial charge in [0.15, 0.2) is 5.75 Å². The summed E-state index contributed by atoms with van der Waals surface area (Å²) < 4.78 is 5.14. The van der Waals surface area contributed by atoms with E-state index in [-0.39, 0.29) is 5.75 Å². The van der Waals surface area contributed by atoms with E-state index in [2.05, 4.69) is 0 Å². The second-order valence-electron chi connectivity index (χ2n) is 3.79. The third-order valence-corrected chi connectivity index (χ3v) is 2.46. The second-order valence-corrected chi connectivity index (χ2v) is 3.79. The van der Waals surface area contributed by atoms with Gasteiger partial charge in [-0.2, -0.15) is 0 Å². The van der Waals surface area contributed by atoms with Crippen LogP contribution in [0.5, 0.6) is 5.75 Å². The van der Waals surface area contributed by atoms with Gasteiger partial charge < -0.3 is 14.4 Å². The van der Waals surface area contributed by atoms with E-state index in [9.17, 15) is 4.79 Å². The van der Waals surface area contributed by atoms with Crippen LogP contribution in [-0.4, -0.2) is 12.2 Å². The SMILES string of the molecule is CN(Cc1cc(=O)c(O)co1)c1ccccc1. The zero-order chi connectivity index (χ0) is 12.3. The van der Waals surface area contributed by atoms with Crippen LogP contribution in [0, 0.1) is 0 Å². The first kappa shape index (κ1) is 11.3. The van der Waals surface area contributed by atoms with Crippen molar-refractivity contribution in [3.8, 4) is 5.75 Å². The van der Waals surface area contributed by atoms with Crippen molar-refractivity contribution < 1.29 is 9.52 Å². The first-order chi connectivity index (χ1) is 8.16. The minimum Gasteiger partial charge on any atom is -0.502 e. The van der Waals surface area contributed by atoms with Gasteiger partial charge in [0.2, 0.25) is 5.43 Å². The molecule has 1 heterocycles. The molecular formula is C13H13NO3. The number of aromatic hydroxyl groups is 1. The average Bonchev–Trinajstić information content (AvgIpc) is 2.35. The summed E-state index contributed by atoms with van der Waals surface area (Å²) in [4.78, 5) is 13.2. The third-order valence-electron chi connectivity index (χ3n) is 2.46. The third kappa shape index (κ3) is 2.66. The van der Waals surface area contributed by atoms with Crippen LogP contribution in [-0.2, 0) is 6.54 Å². The summed E-state index contributed by atoms with van der Waals surface area (Å²) >= 11 is 0. The first-order valence-corrected chi connectivity index (χ1v) is 5.23. The fourth-order valence-electron chi connectivity index (χ4n) is 1.53. The summed E-state index contributed by atoms with van der Waals surface area (Å²) in [6.07, 6.45) is 1.07. The van der Waals surface area contributed by atoms with Crippen molar-refractivity contribution in [3.63, 3.8) is 0 Å². The quantitative estimate of drug-likeness (QED) is 0.877. The maximum atomic E-state index is 11.2. The Morgan fingerprint density at radius 2 is 2.00 bits per heavy atom. The Hall–Kier alpha value is -2.23. The molecule has 4 heteroatoms. The minimum absolute atomic E-state index is 0.365. The molecule has 1 N–H and O–H groups in total. The summed E-state index contributed by atoms with van der Waals surface area (Å²) in [6, 6.07) is 11.1. The molecule has 88 valence electrons. The molecule has 0 bridgehead atoms. The van der Waals surface area contributed by atoms with Crippen molar-refractivity contribution in [2.24, 2.45) is 0 Å². The Bertz CT molecular complexity index is 548. The lowest BCUT2D eigenvalue weighted by molar-refractivity contribution is 0.412. The highest BCUT2D eigenvalue weighted by molar-refractivity contribution is 5.45. The van der Waals surface area contributed by atoms with Crippen LogP contribution in [0.2, 0.25) is 0 Å². The molecule has 0 aliphatic carbocycles. The highest BCUT2D eigenvalue weighted by atomic mass is 16.4. The zero-order valence-corrected chi connectivity index (χ0v) is 9.46. The summed E-state index contributed by atoms with van der Waals surface area (Å²) in [5, 5.41) is 9.08. The molecule has 0 atom stereocenters. The van der Waals surface area contributed by atoms with Gasteiger partial charge in [0, 0.05) is 18.8 Å². The number of hydrogen-bond donors (Lipinski definition) is 1. The highest BCUT2D eigenvalue weighted by Gasteiger charge is 2.05. The van der Waals surface area contributed by atoms with E-state index in [1.807, 2.05) is 42.3 Å². The molecule has 17 heavy (non-hydrogen) atoms. The number of benzene rings is 1. The Morgan fingerprint density at radius 3 is 2.65 bits per heavy atom. The van der Waals surface area contributed by atoms with Crippen molar-refractivity contribution in [3.05, 3.63) is 58.6 Å². The van der Waals surface area contributed by atoms with Crippen LogP contribution in [0.15, 0.2) is 51.9 Å². The van der Waals surface area contributed by atoms with E-state index >= 15 is 0 Å². The van der Waals surface area contributed by atoms with E-state index < -0.39 is 5.43 Å². The molecule has 1 aromatic heterocycles. The molecule has 0 radical (unpaired) electrons. The smallest absolute Gasteiger partial charge is 0.226 e. The molecule has 0 spiro atoms. The van der Waals surface area contributed by atoms with Gasteiger partial charge in [-0.15, -0.1) is 0 Å². The lowest BCUT2D eigenvalue weighted by atomic mass is 10.3. The molecule has 0 saturated heterocycles. The van der Waals surface area contributed by atoms with Gasteiger partial charge in [-0.3, -0.25) is 4.79 Å². The summed E-state index contributed by atoms with van der Waals surface area (Å²) in [5.41, 5.74) is 0.607. The van der Waals surface area contributed by atoms with Gasteiger partial charge in [0.25, 0.3) is 0 Å². The number of hydrogen-bond acceptors (Lipinski definition) is 4. The van der Waals surface area contributed by atoms with Gasteiger partial charge in [0.05, 0.1) is 6.54 Å². The van der Waals surface area contributed by atoms with Crippen molar-refractivity contribution in [1.82, 2.24) is 0 Å². The van der Waals surface area contributed by atoms with Crippen LogP contribution in [0.3, 0.4) is 0 Å². The predicted molar refractivity (Wildman–Crippen MR) is 65.2 cm³/mol. The first-order valence-electron chi connectivity index (χ1n) is 5.23. The van der Waals surface area contributed by atoms with E-state index in [0.717, 1.165) is 12.0 Å². The topological polar surface area (TPSA) is 53.7 Å². The molecule has 2 aromatic rings. The van der Waals surface area contributed by atoms with Crippen molar-refractivity contribution in [1.29, 1.82) is 0 Å². The second kappa shape index (κ2) is 4.74. The molecule has 4 nitrogen and oxygen atoms in total. The van der Waals surface area contributed by atoms with Gasteiger partial charge in [-0.25, -0.2) is 0 Å². The summed E-state index contributed by atoms with van der Waals surface area (Å²) in [5.74, 6) is 0.148. The van der Waals surface area contributed by atoms with Crippen LogP contribution in [0.1, 0.15) is 5.76 Å². The average molecular weight is 231 g/mol. The number of anilines is 1. The maximum Gasteiger partial charge on any atom is 0.226 e. The Balaban J connectivity index is 2.16. The maximum absolute atomic E-state index is 11.2. The van der Waals surface area contributed by atoms with Crippen LogP contribution in [0.25, 0.3) is 0 Å². The van der Waals surface area contributed by atoms with Crippen LogP contribution in [0.4, 0.5) is 5.69 Å². The van der Waals surface area contributed by atoms with Gasteiger partial charge >= 0.3 is 0 Å². The molecule has 0 saturated carbocycles. The van der Waals surface area contributed by atoms with Gasteiger partial charge in [-0.05, 0) is 12.1 Å². The normalized spacial score (nSPS) is 10.2. The van der Waals surface area contributed by atoms with E-state index in [1.54, 1.807) is 0 Å². The number of rotatable bonds is 3. The Morgan fingerprint density at radius 1 is 1.29 bits per heavy atom. The van der Waals surface area contributed by atoms with Crippen molar-refractivity contribution in [2.75, 3.05) is 11.9 Å². The molecule has 0 amide bonds. The van der Waals surface area contributed by atoms with Crippen molar-refractivity contribution >= 4 is 5.69 Å².